The number of aryl methyl sites for hydroxylation is 3. The van der Waals surface area contributed by atoms with Crippen LogP contribution in [0.15, 0.2) is 286 Å². The molecule has 16 rings (SSSR count). The first-order chi connectivity index (χ1) is 41.5. The van der Waals surface area contributed by atoms with Gasteiger partial charge in [-0.25, -0.2) is 0 Å². The number of benzene rings is 13. The molecule has 0 aliphatic carbocycles. The van der Waals surface area contributed by atoms with Gasteiger partial charge in [0.1, 0.15) is 16.7 Å². The molecule has 13 aromatic carbocycles. The molecule has 398 valence electrons. The van der Waals surface area contributed by atoms with Gasteiger partial charge in [-0.15, -0.1) is 0 Å². The maximum atomic E-state index is 7.61. The number of hydrogen-bond donors (Lipinski definition) is 0. The van der Waals surface area contributed by atoms with Crippen LogP contribution in [0, 0.1) is 20.8 Å². The van der Waals surface area contributed by atoms with Crippen molar-refractivity contribution < 1.29 is 13.3 Å². The van der Waals surface area contributed by atoms with Crippen molar-refractivity contribution in [1.82, 2.24) is 0 Å². The Bertz CT molecular complexity index is 5260. The van der Waals surface area contributed by atoms with E-state index in [1.54, 1.807) is 0 Å². The number of hydrogen-bond acceptors (Lipinski definition) is 5. The number of fused-ring (bicyclic) bond motifs is 10. The highest BCUT2D eigenvalue weighted by molar-refractivity contribution is 6.30. The monoisotopic (exact) mass is 1080 g/mol. The van der Waals surface area contributed by atoms with Crippen LogP contribution >= 0.6 is 0 Å². The summed E-state index contributed by atoms with van der Waals surface area (Å²) in [6, 6.07) is 97.7. The molecule has 3 heterocycles. The van der Waals surface area contributed by atoms with Crippen LogP contribution in [0.1, 0.15) is 16.7 Å². The highest BCUT2D eigenvalue weighted by atomic mass is 16.3. The largest absolute Gasteiger partial charge is 0.454 e. The molecule has 16 aromatic rings. The van der Waals surface area contributed by atoms with E-state index in [2.05, 4.69) is 304 Å². The average molecular weight is 1080 g/mol. The van der Waals surface area contributed by atoms with Gasteiger partial charge in [0.15, 0.2) is 16.7 Å². The van der Waals surface area contributed by atoms with Gasteiger partial charge < -0.3 is 23.1 Å². The van der Waals surface area contributed by atoms with Crippen LogP contribution < -0.4 is 9.80 Å². The van der Waals surface area contributed by atoms with Crippen LogP contribution in [-0.4, -0.2) is 0 Å². The molecule has 0 fully saturated rings. The van der Waals surface area contributed by atoms with Crippen molar-refractivity contribution in [1.29, 1.82) is 0 Å². The third-order valence-corrected chi connectivity index (χ3v) is 17.0. The minimum absolute atomic E-state index is 0.721. The Balaban J connectivity index is 1.06. The lowest BCUT2D eigenvalue weighted by Gasteiger charge is -2.33. The summed E-state index contributed by atoms with van der Waals surface area (Å²) in [6.45, 7) is 6.51. The molecule has 5 nitrogen and oxygen atoms in total. The number of rotatable bonds is 10. The van der Waals surface area contributed by atoms with E-state index in [0.717, 1.165) is 161 Å². The lowest BCUT2D eigenvalue weighted by molar-refractivity contribution is 0.667. The van der Waals surface area contributed by atoms with Crippen LogP contribution in [-0.2, 0) is 0 Å². The summed E-state index contributed by atoms with van der Waals surface area (Å²) in [7, 11) is 0. The van der Waals surface area contributed by atoms with E-state index < -0.39 is 0 Å². The molecular formula is C79H54N2O3. The number of nitrogens with zero attached hydrogens (tertiary/aromatic N) is 2. The fourth-order valence-corrected chi connectivity index (χ4v) is 13.2. The zero-order valence-corrected chi connectivity index (χ0v) is 46.6. The zero-order chi connectivity index (χ0) is 56.0. The second-order valence-corrected chi connectivity index (χ2v) is 22.0. The van der Waals surface area contributed by atoms with Crippen molar-refractivity contribution in [2.75, 3.05) is 9.80 Å². The van der Waals surface area contributed by atoms with Gasteiger partial charge in [0.25, 0.3) is 0 Å². The van der Waals surface area contributed by atoms with Crippen molar-refractivity contribution in [2.24, 2.45) is 0 Å². The summed E-state index contributed by atoms with van der Waals surface area (Å²) in [6.07, 6.45) is 0. The quantitative estimate of drug-likeness (QED) is 0.128. The predicted octanol–water partition coefficient (Wildman–Crippen LogP) is 23.1. The molecule has 84 heavy (non-hydrogen) atoms. The van der Waals surface area contributed by atoms with Crippen LogP contribution in [0.3, 0.4) is 0 Å². The molecular weight excluding hydrogens is 1020 g/mol. The van der Waals surface area contributed by atoms with E-state index in [4.69, 9.17) is 13.3 Å². The molecule has 0 bridgehead atoms. The second kappa shape index (κ2) is 19.7. The molecule has 0 saturated heterocycles. The summed E-state index contributed by atoms with van der Waals surface area (Å²) >= 11 is 0. The first-order valence-electron chi connectivity index (χ1n) is 28.7. The van der Waals surface area contributed by atoms with Crippen molar-refractivity contribution in [3.05, 3.63) is 290 Å². The number of furan rings is 3. The Kier molecular flexibility index (Phi) is 11.5. The van der Waals surface area contributed by atoms with Gasteiger partial charge in [0.2, 0.25) is 0 Å². The fourth-order valence-electron chi connectivity index (χ4n) is 13.2. The molecule has 0 amide bonds. The molecule has 0 aliphatic heterocycles. The van der Waals surface area contributed by atoms with E-state index in [1.807, 2.05) is 0 Å². The molecule has 3 aromatic heterocycles. The topological polar surface area (TPSA) is 45.9 Å². The van der Waals surface area contributed by atoms with Crippen molar-refractivity contribution in [3.63, 3.8) is 0 Å². The molecule has 0 N–H and O–H groups in total. The van der Waals surface area contributed by atoms with Crippen molar-refractivity contribution in [3.8, 4) is 44.5 Å². The van der Waals surface area contributed by atoms with Gasteiger partial charge in [-0.3, -0.25) is 0 Å². The third kappa shape index (κ3) is 7.70. The van der Waals surface area contributed by atoms with E-state index in [9.17, 15) is 0 Å². The summed E-state index contributed by atoms with van der Waals surface area (Å²) in [5, 5.41) is 8.07. The first-order valence-corrected chi connectivity index (χ1v) is 28.7. The van der Waals surface area contributed by atoms with Crippen LogP contribution in [0.25, 0.3) is 121 Å². The zero-order valence-electron chi connectivity index (χ0n) is 46.6. The molecule has 0 atom stereocenters. The van der Waals surface area contributed by atoms with E-state index in [0.29, 0.717) is 0 Å². The molecule has 0 unspecified atom stereocenters. The van der Waals surface area contributed by atoms with Gasteiger partial charge in [-0.2, -0.15) is 0 Å². The molecule has 0 aliphatic rings. The highest BCUT2D eigenvalue weighted by Gasteiger charge is 2.34. The Labute approximate surface area is 486 Å². The fraction of sp³-hybridized carbons (Fsp3) is 0.0380. The minimum atomic E-state index is 0.721. The molecule has 5 heteroatoms. The lowest BCUT2D eigenvalue weighted by Crippen LogP contribution is -2.15. The van der Waals surface area contributed by atoms with Crippen LogP contribution in [0.2, 0.25) is 0 Å². The summed E-state index contributed by atoms with van der Waals surface area (Å²) in [5.41, 5.74) is 22.5. The number of anilines is 6. The van der Waals surface area contributed by atoms with Gasteiger partial charge in [0.05, 0.1) is 39.5 Å². The first kappa shape index (κ1) is 49.0. The predicted molar refractivity (Wildman–Crippen MR) is 351 cm³/mol. The molecule has 0 saturated carbocycles. The van der Waals surface area contributed by atoms with E-state index >= 15 is 0 Å². The molecule has 0 spiro atoms. The molecule has 0 radical (unpaired) electrons. The van der Waals surface area contributed by atoms with Crippen LogP contribution in [0.4, 0.5) is 34.1 Å². The Morgan fingerprint density at radius 2 is 0.655 bits per heavy atom. The van der Waals surface area contributed by atoms with Crippen LogP contribution in [0.5, 0.6) is 0 Å². The van der Waals surface area contributed by atoms with Crippen molar-refractivity contribution in [2.45, 2.75) is 20.8 Å². The van der Waals surface area contributed by atoms with Crippen molar-refractivity contribution >= 4 is 111 Å². The van der Waals surface area contributed by atoms with E-state index in [1.165, 1.54) is 11.1 Å². The van der Waals surface area contributed by atoms with E-state index in [-0.39, 0.29) is 0 Å². The number of para-hydroxylation sites is 6. The summed E-state index contributed by atoms with van der Waals surface area (Å²) < 4.78 is 22.5. The maximum Gasteiger partial charge on any atom is 0.162 e. The van der Waals surface area contributed by atoms with Gasteiger partial charge in [0, 0.05) is 60.0 Å². The van der Waals surface area contributed by atoms with Gasteiger partial charge in [-0.1, -0.05) is 242 Å². The summed E-state index contributed by atoms with van der Waals surface area (Å²) in [5.74, 6) is 0. The smallest absolute Gasteiger partial charge is 0.162 e. The second-order valence-electron chi connectivity index (χ2n) is 22.0. The average Bonchev–Trinajstić information content (AvgIpc) is 1.67. The lowest BCUT2D eigenvalue weighted by atomic mass is 9.94. The summed E-state index contributed by atoms with van der Waals surface area (Å²) in [4.78, 5) is 4.88. The SMILES string of the molecule is Cc1ccc(N(c2cccc3c2oc2c(-c4ccccc4C)cccc23)c2c3ccccc3c(N(c3ccccc3-c3ccccc3)c3cccc4c3oc3c(-c5ccccc5C)cccc34)c3c2oc2ccccc23)c(-c2ccccc2)c1. The minimum Gasteiger partial charge on any atom is -0.454 e. The normalized spacial score (nSPS) is 11.8. The van der Waals surface area contributed by atoms with Gasteiger partial charge >= 0.3 is 0 Å². The Morgan fingerprint density at radius 3 is 1.24 bits per heavy atom. The van der Waals surface area contributed by atoms with Gasteiger partial charge in [-0.05, 0) is 90.6 Å². The standard InChI is InChI=1S/C79H54N2O3/c1-49-46-47-68(66(48-49)53-28-8-5-9-29-53)81(70-44-23-41-64-62-39-21-37-60(76(62)84-78(64)70)55-31-13-11-25-51(55)3)74-58-34-15-14-33-57(58)73(72-65-35-17-19-45-71(65)82-79(72)74)80(67-42-18-16-32-56(67)52-26-6-4-7-27-52)69-43-22-40-63-61-38-20-36-59(75(61)83-77(63)69)54-30-12-10-24-50(54)2/h4-48H,1-3H3. The maximum absolute atomic E-state index is 7.61. The Morgan fingerprint density at radius 1 is 0.250 bits per heavy atom. The highest BCUT2D eigenvalue weighted by Crippen LogP contribution is 2.58. The Hall–Kier alpha value is -10.9. The third-order valence-electron chi connectivity index (χ3n) is 17.0.